The Morgan fingerprint density at radius 3 is 2.88 bits per heavy atom. The van der Waals surface area contributed by atoms with Crippen LogP contribution in [-0.4, -0.2) is 13.3 Å². The maximum atomic E-state index is 13.5. The molecule has 3 nitrogen and oxygen atoms in total. The molecule has 0 amide bonds. The van der Waals surface area contributed by atoms with Gasteiger partial charge < -0.3 is 14.8 Å². The van der Waals surface area contributed by atoms with Gasteiger partial charge in [0.25, 0.3) is 0 Å². The van der Waals surface area contributed by atoms with Gasteiger partial charge in [0.1, 0.15) is 0 Å². The maximum Gasteiger partial charge on any atom is 0.231 e. The zero-order chi connectivity index (χ0) is 11.2. The van der Waals surface area contributed by atoms with E-state index in [2.05, 4.69) is 12.2 Å². The van der Waals surface area contributed by atoms with Crippen LogP contribution >= 0.6 is 0 Å². The number of hydrogen-bond donors (Lipinski definition) is 1. The largest absolute Gasteiger partial charge is 0.453 e. The molecule has 1 atom stereocenters. The molecule has 0 radical (unpaired) electrons. The first-order valence-electron chi connectivity index (χ1n) is 5.54. The van der Waals surface area contributed by atoms with Crippen LogP contribution in [0.3, 0.4) is 0 Å². The van der Waals surface area contributed by atoms with Crippen LogP contribution in [0, 0.1) is 5.82 Å². The Hall–Kier alpha value is -1.29. The lowest BCUT2D eigenvalue weighted by Crippen LogP contribution is -2.33. The van der Waals surface area contributed by atoms with E-state index < -0.39 is 0 Å². The van der Waals surface area contributed by atoms with E-state index in [0.29, 0.717) is 5.75 Å². The van der Waals surface area contributed by atoms with Crippen LogP contribution in [-0.2, 0) is 5.54 Å². The van der Waals surface area contributed by atoms with Crippen molar-refractivity contribution in [3.05, 3.63) is 23.5 Å². The molecule has 0 saturated carbocycles. The molecular weight excluding hydrogens is 209 g/mol. The van der Waals surface area contributed by atoms with Crippen molar-refractivity contribution in [3.63, 3.8) is 0 Å². The van der Waals surface area contributed by atoms with Gasteiger partial charge in [-0.15, -0.1) is 0 Å². The van der Waals surface area contributed by atoms with Crippen LogP contribution in [0.5, 0.6) is 11.5 Å². The molecule has 1 aromatic carbocycles. The average molecular weight is 223 g/mol. The van der Waals surface area contributed by atoms with E-state index in [1.807, 2.05) is 0 Å². The van der Waals surface area contributed by atoms with Crippen molar-refractivity contribution in [2.75, 3.05) is 13.3 Å². The van der Waals surface area contributed by atoms with Crippen molar-refractivity contribution in [1.82, 2.24) is 5.32 Å². The van der Waals surface area contributed by atoms with Crippen molar-refractivity contribution in [3.8, 4) is 11.5 Å². The predicted octanol–water partition coefficient (Wildman–Crippen LogP) is 2.15. The Morgan fingerprint density at radius 2 is 2.12 bits per heavy atom. The van der Waals surface area contributed by atoms with Gasteiger partial charge in [-0.05, 0) is 32.4 Å². The van der Waals surface area contributed by atoms with Crippen molar-refractivity contribution < 1.29 is 13.9 Å². The summed E-state index contributed by atoms with van der Waals surface area (Å²) in [7, 11) is 0. The summed E-state index contributed by atoms with van der Waals surface area (Å²) in [5.74, 6) is 0.474. The normalized spacial score (nSPS) is 27.4. The first kappa shape index (κ1) is 9.90. The monoisotopic (exact) mass is 223 g/mol. The molecule has 0 aromatic heterocycles. The lowest BCUT2D eigenvalue weighted by molar-refractivity contribution is 0.169. The van der Waals surface area contributed by atoms with Gasteiger partial charge in [-0.3, -0.25) is 0 Å². The summed E-state index contributed by atoms with van der Waals surface area (Å²) in [5.41, 5.74) is 0.879. The van der Waals surface area contributed by atoms with Crippen LogP contribution in [0.1, 0.15) is 25.3 Å². The summed E-state index contributed by atoms with van der Waals surface area (Å²) >= 11 is 0. The van der Waals surface area contributed by atoms with Gasteiger partial charge in [0.05, 0.1) is 0 Å². The second-order valence-corrected chi connectivity index (χ2v) is 4.52. The van der Waals surface area contributed by atoms with E-state index >= 15 is 0 Å². The summed E-state index contributed by atoms with van der Waals surface area (Å²) in [5, 5.41) is 3.44. The number of fused-ring (bicyclic) bond motifs is 1. The fourth-order valence-electron chi connectivity index (χ4n) is 2.52. The highest BCUT2D eigenvalue weighted by atomic mass is 19.1. The molecule has 16 heavy (non-hydrogen) atoms. The first-order chi connectivity index (χ1) is 7.71. The standard InChI is InChI=1S/C12H14FNO2/c1-12(5-2-6-14-12)8-3-4-9(13)11-10(8)15-7-16-11/h3-4,14H,2,5-7H2,1H3. The number of nitrogens with one attached hydrogen (secondary N) is 1. The fourth-order valence-corrected chi connectivity index (χ4v) is 2.52. The van der Waals surface area contributed by atoms with Crippen LogP contribution in [0.15, 0.2) is 12.1 Å². The highest BCUT2D eigenvalue weighted by Crippen LogP contribution is 2.44. The van der Waals surface area contributed by atoms with E-state index in [0.717, 1.165) is 24.9 Å². The minimum atomic E-state index is -0.349. The van der Waals surface area contributed by atoms with Crippen molar-refractivity contribution in [2.24, 2.45) is 0 Å². The summed E-state index contributed by atoms with van der Waals surface area (Å²) in [6.45, 7) is 3.22. The number of halogens is 1. The van der Waals surface area contributed by atoms with Gasteiger partial charge >= 0.3 is 0 Å². The van der Waals surface area contributed by atoms with Crippen LogP contribution in [0.4, 0.5) is 4.39 Å². The Kier molecular flexibility index (Phi) is 2.07. The van der Waals surface area contributed by atoms with Gasteiger partial charge in [-0.25, -0.2) is 4.39 Å². The molecule has 2 heterocycles. The minimum Gasteiger partial charge on any atom is -0.453 e. The molecule has 1 unspecified atom stereocenters. The third-order valence-corrected chi connectivity index (χ3v) is 3.43. The molecule has 1 saturated heterocycles. The second-order valence-electron chi connectivity index (χ2n) is 4.52. The van der Waals surface area contributed by atoms with Gasteiger partial charge in [0.15, 0.2) is 11.6 Å². The Bertz CT molecular complexity index is 427. The van der Waals surface area contributed by atoms with E-state index in [1.165, 1.54) is 6.07 Å². The summed E-state index contributed by atoms with van der Waals surface area (Å²) < 4.78 is 24.0. The fraction of sp³-hybridized carbons (Fsp3) is 0.500. The second kappa shape index (κ2) is 3.35. The van der Waals surface area contributed by atoms with Crippen LogP contribution in [0.25, 0.3) is 0 Å². The highest BCUT2D eigenvalue weighted by Gasteiger charge is 2.36. The summed E-state index contributed by atoms with van der Waals surface area (Å²) in [6, 6.07) is 3.25. The number of ether oxygens (including phenoxy) is 2. The molecule has 0 spiro atoms. The molecule has 0 aliphatic carbocycles. The van der Waals surface area contributed by atoms with Crippen molar-refractivity contribution in [2.45, 2.75) is 25.3 Å². The van der Waals surface area contributed by atoms with Crippen molar-refractivity contribution in [1.29, 1.82) is 0 Å². The highest BCUT2D eigenvalue weighted by molar-refractivity contribution is 5.52. The van der Waals surface area contributed by atoms with E-state index in [-0.39, 0.29) is 23.9 Å². The van der Waals surface area contributed by atoms with E-state index in [1.54, 1.807) is 6.07 Å². The van der Waals surface area contributed by atoms with Gasteiger partial charge in [-0.2, -0.15) is 0 Å². The van der Waals surface area contributed by atoms with Crippen molar-refractivity contribution >= 4 is 0 Å². The molecule has 3 rings (SSSR count). The molecule has 1 aromatic rings. The lowest BCUT2D eigenvalue weighted by atomic mass is 9.89. The smallest absolute Gasteiger partial charge is 0.231 e. The molecule has 2 aliphatic heterocycles. The van der Waals surface area contributed by atoms with E-state index in [4.69, 9.17) is 9.47 Å². The molecular formula is C12H14FNO2. The topological polar surface area (TPSA) is 30.5 Å². The molecule has 1 fully saturated rings. The Balaban J connectivity index is 2.11. The number of rotatable bonds is 1. The lowest BCUT2D eigenvalue weighted by Gasteiger charge is -2.26. The Labute approximate surface area is 93.6 Å². The van der Waals surface area contributed by atoms with Gasteiger partial charge in [-0.1, -0.05) is 6.07 Å². The number of hydrogen-bond acceptors (Lipinski definition) is 3. The van der Waals surface area contributed by atoms with Gasteiger partial charge in [0, 0.05) is 11.1 Å². The molecule has 1 N–H and O–H groups in total. The zero-order valence-corrected chi connectivity index (χ0v) is 9.18. The van der Waals surface area contributed by atoms with Crippen LogP contribution < -0.4 is 14.8 Å². The number of benzene rings is 1. The quantitative estimate of drug-likeness (QED) is 0.791. The third kappa shape index (κ3) is 1.29. The van der Waals surface area contributed by atoms with E-state index in [9.17, 15) is 4.39 Å². The zero-order valence-electron chi connectivity index (χ0n) is 9.18. The third-order valence-electron chi connectivity index (χ3n) is 3.43. The van der Waals surface area contributed by atoms with Crippen LogP contribution in [0.2, 0.25) is 0 Å². The Morgan fingerprint density at radius 1 is 1.31 bits per heavy atom. The SMILES string of the molecule is CC1(c2ccc(F)c3c2OCO3)CCCN1. The summed E-state index contributed by atoms with van der Waals surface area (Å²) in [6.07, 6.45) is 2.16. The minimum absolute atomic E-state index is 0.110. The predicted molar refractivity (Wildman–Crippen MR) is 57.1 cm³/mol. The van der Waals surface area contributed by atoms with Gasteiger partial charge in [0.2, 0.25) is 12.5 Å². The summed E-state index contributed by atoms with van der Waals surface area (Å²) in [4.78, 5) is 0. The molecule has 0 bridgehead atoms. The molecule has 86 valence electrons. The average Bonchev–Trinajstić information content (AvgIpc) is 2.88. The maximum absolute atomic E-state index is 13.5. The first-order valence-corrected chi connectivity index (χ1v) is 5.54. The molecule has 4 heteroatoms. The molecule has 2 aliphatic rings.